The Morgan fingerprint density at radius 1 is 1.35 bits per heavy atom. The summed E-state index contributed by atoms with van der Waals surface area (Å²) < 4.78 is 30.9. The molecule has 0 aliphatic carbocycles. The molecule has 20 heavy (non-hydrogen) atoms. The summed E-state index contributed by atoms with van der Waals surface area (Å²) in [6, 6.07) is 4.97. The van der Waals surface area contributed by atoms with Crippen molar-refractivity contribution in [1.29, 1.82) is 0 Å². The van der Waals surface area contributed by atoms with Crippen LogP contribution < -0.4 is 10.0 Å². The van der Waals surface area contributed by atoms with Crippen LogP contribution in [0.15, 0.2) is 39.9 Å². The number of anilines is 2. The Kier molecular flexibility index (Phi) is 3.57. The normalized spacial score (nSPS) is 11.1. The third kappa shape index (κ3) is 2.69. The number of nitrogens with one attached hydrogen (secondary N) is 2. The lowest BCUT2D eigenvalue weighted by Gasteiger charge is -2.07. The van der Waals surface area contributed by atoms with Crippen molar-refractivity contribution in [3.8, 4) is 0 Å². The molecule has 2 aromatic rings. The van der Waals surface area contributed by atoms with Gasteiger partial charge in [-0.2, -0.15) is 0 Å². The minimum absolute atomic E-state index is 0.0610. The molecule has 0 saturated carbocycles. The third-order valence-electron chi connectivity index (χ3n) is 2.41. The molecule has 2 N–H and O–H groups in total. The molecule has 10 heteroatoms. The summed E-state index contributed by atoms with van der Waals surface area (Å²) in [6.07, 6.45) is 1.18. The summed E-state index contributed by atoms with van der Waals surface area (Å²) in [5, 5.41) is 17.0. The fourth-order valence-electron chi connectivity index (χ4n) is 1.49. The van der Waals surface area contributed by atoms with Crippen LogP contribution in [0.5, 0.6) is 0 Å². The molecule has 0 atom stereocenters. The predicted octanol–water partition coefficient (Wildman–Crippen LogP) is 1.43. The van der Waals surface area contributed by atoms with E-state index in [2.05, 4.69) is 19.7 Å². The number of aromatic nitrogens is 1. The van der Waals surface area contributed by atoms with Crippen molar-refractivity contribution in [2.75, 3.05) is 17.1 Å². The number of hydrogen-bond acceptors (Lipinski definition) is 7. The van der Waals surface area contributed by atoms with Crippen LogP contribution in [0, 0.1) is 10.1 Å². The highest BCUT2D eigenvalue weighted by atomic mass is 32.2. The van der Waals surface area contributed by atoms with Gasteiger partial charge in [0.2, 0.25) is 0 Å². The average Bonchev–Trinajstić information content (AvgIpc) is 2.90. The van der Waals surface area contributed by atoms with E-state index in [1.807, 2.05) is 0 Å². The van der Waals surface area contributed by atoms with E-state index in [0.29, 0.717) is 5.69 Å². The maximum atomic E-state index is 12.2. The summed E-state index contributed by atoms with van der Waals surface area (Å²) >= 11 is 0. The lowest BCUT2D eigenvalue weighted by atomic mass is 10.3. The first-order valence-corrected chi connectivity index (χ1v) is 6.82. The van der Waals surface area contributed by atoms with Gasteiger partial charge >= 0.3 is 0 Å². The molecule has 1 heterocycles. The van der Waals surface area contributed by atoms with Gasteiger partial charge in [0.25, 0.3) is 15.7 Å². The van der Waals surface area contributed by atoms with Crippen molar-refractivity contribution in [2.45, 2.75) is 4.90 Å². The SMILES string of the molecule is CNc1ccc([N+](=O)[O-])c(S(=O)(=O)Nc2ccon2)c1. The van der Waals surface area contributed by atoms with Gasteiger partial charge in [-0.3, -0.25) is 14.8 Å². The van der Waals surface area contributed by atoms with Crippen LogP contribution in [0.1, 0.15) is 0 Å². The molecular formula is C10H10N4O5S. The van der Waals surface area contributed by atoms with Crippen molar-refractivity contribution >= 4 is 27.2 Å². The molecule has 0 aliphatic heterocycles. The third-order valence-corrected chi connectivity index (χ3v) is 3.80. The van der Waals surface area contributed by atoms with E-state index >= 15 is 0 Å². The standard InChI is InChI=1S/C10H10N4O5S/c1-11-7-2-3-8(14(15)16)9(6-7)20(17,18)13-10-4-5-19-12-10/h2-6,11H,1H3,(H,12,13). The number of nitro benzene ring substituents is 1. The van der Waals surface area contributed by atoms with Crippen LogP contribution in [-0.2, 0) is 10.0 Å². The van der Waals surface area contributed by atoms with Gasteiger partial charge in [-0.15, -0.1) is 0 Å². The van der Waals surface area contributed by atoms with E-state index in [1.165, 1.54) is 24.5 Å². The van der Waals surface area contributed by atoms with Gasteiger partial charge in [-0.05, 0) is 12.1 Å². The zero-order valence-electron chi connectivity index (χ0n) is 10.2. The van der Waals surface area contributed by atoms with Gasteiger partial charge in [0.05, 0.1) is 4.92 Å². The lowest BCUT2D eigenvalue weighted by molar-refractivity contribution is -0.387. The van der Waals surface area contributed by atoms with Crippen molar-refractivity contribution in [3.05, 3.63) is 40.6 Å². The largest absolute Gasteiger partial charge is 0.388 e. The Balaban J connectivity index is 2.51. The Morgan fingerprint density at radius 3 is 2.65 bits per heavy atom. The van der Waals surface area contributed by atoms with E-state index in [9.17, 15) is 18.5 Å². The number of sulfonamides is 1. The van der Waals surface area contributed by atoms with Crippen molar-refractivity contribution in [3.63, 3.8) is 0 Å². The molecule has 1 aromatic carbocycles. The molecule has 2 rings (SSSR count). The molecule has 0 amide bonds. The predicted molar refractivity (Wildman–Crippen MR) is 70.0 cm³/mol. The van der Waals surface area contributed by atoms with Gasteiger partial charge in [0.15, 0.2) is 10.7 Å². The molecule has 0 radical (unpaired) electrons. The topological polar surface area (TPSA) is 127 Å². The van der Waals surface area contributed by atoms with Gasteiger partial charge in [0.1, 0.15) is 6.26 Å². The summed E-state index contributed by atoms with van der Waals surface area (Å²) in [5.74, 6) is -0.0610. The summed E-state index contributed by atoms with van der Waals surface area (Å²) in [7, 11) is -2.57. The fraction of sp³-hybridized carbons (Fsp3) is 0.100. The van der Waals surface area contributed by atoms with Crippen LogP contribution in [0.4, 0.5) is 17.2 Å². The first-order valence-electron chi connectivity index (χ1n) is 5.33. The maximum Gasteiger partial charge on any atom is 0.290 e. The zero-order valence-corrected chi connectivity index (χ0v) is 11.0. The summed E-state index contributed by atoms with van der Waals surface area (Å²) in [5.41, 5.74) is -0.101. The summed E-state index contributed by atoms with van der Waals surface area (Å²) in [4.78, 5) is 9.70. The van der Waals surface area contributed by atoms with Crippen molar-refractivity contribution in [1.82, 2.24) is 5.16 Å². The number of benzene rings is 1. The molecule has 0 aliphatic rings. The van der Waals surface area contributed by atoms with Crippen LogP contribution in [0.2, 0.25) is 0 Å². The van der Waals surface area contributed by atoms with Crippen molar-refractivity contribution in [2.24, 2.45) is 0 Å². The van der Waals surface area contributed by atoms with Crippen molar-refractivity contribution < 1.29 is 17.9 Å². The second-order valence-electron chi connectivity index (χ2n) is 3.68. The molecule has 1 aromatic heterocycles. The second-order valence-corrected chi connectivity index (χ2v) is 5.33. The van der Waals surface area contributed by atoms with Crippen LogP contribution in [0.25, 0.3) is 0 Å². The molecule has 0 unspecified atom stereocenters. The number of rotatable bonds is 5. The van der Waals surface area contributed by atoms with Gasteiger partial charge in [-0.25, -0.2) is 8.42 Å². The van der Waals surface area contributed by atoms with Crippen LogP contribution in [0.3, 0.4) is 0 Å². The van der Waals surface area contributed by atoms with E-state index in [1.54, 1.807) is 7.05 Å². The number of nitrogens with zero attached hydrogens (tertiary/aromatic N) is 2. The maximum absolute atomic E-state index is 12.2. The monoisotopic (exact) mass is 298 g/mol. The number of hydrogen-bond donors (Lipinski definition) is 2. The van der Waals surface area contributed by atoms with E-state index in [0.717, 1.165) is 6.07 Å². The highest BCUT2D eigenvalue weighted by Gasteiger charge is 2.26. The van der Waals surface area contributed by atoms with E-state index in [-0.39, 0.29) is 5.82 Å². The number of nitro groups is 1. The molecule has 0 saturated heterocycles. The van der Waals surface area contributed by atoms with Crippen LogP contribution in [-0.4, -0.2) is 25.5 Å². The van der Waals surface area contributed by atoms with Crippen LogP contribution >= 0.6 is 0 Å². The van der Waals surface area contributed by atoms with Gasteiger partial charge in [0, 0.05) is 24.9 Å². The Labute approximate surface area is 113 Å². The van der Waals surface area contributed by atoms with Gasteiger partial charge < -0.3 is 9.84 Å². The smallest absolute Gasteiger partial charge is 0.290 e. The molecule has 0 fully saturated rings. The molecule has 106 valence electrons. The Hall–Kier alpha value is -2.62. The lowest BCUT2D eigenvalue weighted by Crippen LogP contribution is -2.15. The Bertz CT molecular complexity index is 726. The zero-order chi connectivity index (χ0) is 14.8. The quantitative estimate of drug-likeness (QED) is 0.631. The molecule has 0 spiro atoms. The second kappa shape index (κ2) is 5.17. The van der Waals surface area contributed by atoms with Gasteiger partial charge in [-0.1, -0.05) is 5.16 Å². The minimum Gasteiger partial charge on any atom is -0.388 e. The molecule has 9 nitrogen and oxygen atoms in total. The molecule has 0 bridgehead atoms. The first-order chi connectivity index (χ1) is 9.44. The molecular weight excluding hydrogens is 288 g/mol. The average molecular weight is 298 g/mol. The highest BCUT2D eigenvalue weighted by molar-refractivity contribution is 7.92. The summed E-state index contributed by atoms with van der Waals surface area (Å²) in [6.45, 7) is 0. The fourth-order valence-corrected chi connectivity index (χ4v) is 2.68. The minimum atomic E-state index is -4.15. The van der Waals surface area contributed by atoms with E-state index < -0.39 is 25.5 Å². The Morgan fingerprint density at radius 2 is 2.10 bits per heavy atom. The van der Waals surface area contributed by atoms with E-state index in [4.69, 9.17) is 0 Å². The first kappa shape index (κ1) is 13.8. The highest BCUT2D eigenvalue weighted by Crippen LogP contribution is 2.28.